The van der Waals surface area contributed by atoms with Crippen LogP contribution in [-0.2, 0) is 13.0 Å². The first-order chi connectivity index (χ1) is 9.49. The van der Waals surface area contributed by atoms with E-state index in [0.29, 0.717) is 15.6 Å². The Morgan fingerprint density at radius 3 is 2.85 bits per heavy atom. The van der Waals surface area contributed by atoms with Gasteiger partial charge >= 0.3 is 0 Å². The topological polar surface area (TPSA) is 66.0 Å². The molecule has 0 fully saturated rings. The van der Waals surface area contributed by atoms with Gasteiger partial charge in [-0.1, -0.05) is 29.3 Å². The monoisotopic (exact) mass is 308 g/mol. The van der Waals surface area contributed by atoms with Crippen molar-refractivity contribution in [1.82, 2.24) is 9.88 Å². The number of amidine groups is 1. The molecule has 0 aliphatic carbocycles. The summed E-state index contributed by atoms with van der Waals surface area (Å²) in [6, 6.07) is 3.56. The Kier molecular flexibility index (Phi) is 3.32. The van der Waals surface area contributed by atoms with E-state index in [1.165, 1.54) is 0 Å². The number of rotatable bonds is 1. The third-order valence-electron chi connectivity index (χ3n) is 3.66. The zero-order valence-electron chi connectivity index (χ0n) is 11.0. The quantitative estimate of drug-likeness (QED) is 0.629. The molecule has 0 saturated carbocycles. The Morgan fingerprint density at radius 1 is 1.40 bits per heavy atom. The molecule has 104 valence electrons. The average molecular weight is 309 g/mol. The van der Waals surface area contributed by atoms with E-state index in [9.17, 15) is 0 Å². The lowest BCUT2D eigenvalue weighted by atomic mass is 9.95. The molecule has 4 nitrogen and oxygen atoms in total. The molecule has 1 aromatic heterocycles. The van der Waals surface area contributed by atoms with Gasteiger partial charge in [0.2, 0.25) is 0 Å². The van der Waals surface area contributed by atoms with Gasteiger partial charge in [-0.2, -0.15) is 0 Å². The Morgan fingerprint density at radius 2 is 2.15 bits per heavy atom. The lowest BCUT2D eigenvalue weighted by Crippen LogP contribution is -2.30. The molecular formula is C14H14Cl2N4. The standard InChI is InChI=1S/C14H14Cl2N4/c1-20-5-4-10-8(6-20)11(14(17)18)7-2-3-9(15)12(16)13(7)19-10/h2-3H,4-6H2,1H3,(H3,17,18). The highest BCUT2D eigenvalue weighted by Gasteiger charge is 2.23. The van der Waals surface area contributed by atoms with E-state index in [1.807, 2.05) is 13.1 Å². The maximum absolute atomic E-state index is 7.90. The first-order valence-corrected chi connectivity index (χ1v) is 7.07. The van der Waals surface area contributed by atoms with Gasteiger partial charge in [-0.3, -0.25) is 10.4 Å². The highest BCUT2D eigenvalue weighted by molar-refractivity contribution is 6.45. The first kappa shape index (κ1) is 13.6. The van der Waals surface area contributed by atoms with E-state index in [4.69, 9.17) is 34.3 Å². The summed E-state index contributed by atoms with van der Waals surface area (Å²) in [4.78, 5) is 6.85. The van der Waals surface area contributed by atoms with Crippen LogP contribution in [-0.4, -0.2) is 29.3 Å². The number of fused-ring (bicyclic) bond motifs is 2. The molecule has 2 heterocycles. The number of pyridine rings is 1. The summed E-state index contributed by atoms with van der Waals surface area (Å²) < 4.78 is 0. The summed E-state index contributed by atoms with van der Waals surface area (Å²) >= 11 is 12.3. The lowest BCUT2D eigenvalue weighted by molar-refractivity contribution is 0.310. The van der Waals surface area contributed by atoms with E-state index in [-0.39, 0.29) is 5.84 Å². The fourth-order valence-electron chi connectivity index (χ4n) is 2.69. The second-order valence-corrected chi connectivity index (χ2v) is 5.86. The van der Waals surface area contributed by atoms with Crippen LogP contribution in [0.2, 0.25) is 10.0 Å². The molecule has 3 rings (SSSR count). The highest BCUT2D eigenvalue weighted by Crippen LogP contribution is 2.34. The molecule has 0 unspecified atom stereocenters. The van der Waals surface area contributed by atoms with Crippen LogP contribution in [0.25, 0.3) is 10.9 Å². The van der Waals surface area contributed by atoms with Crippen molar-refractivity contribution in [3.63, 3.8) is 0 Å². The van der Waals surface area contributed by atoms with Gasteiger partial charge in [0.05, 0.1) is 15.6 Å². The van der Waals surface area contributed by atoms with Crippen molar-refractivity contribution in [2.24, 2.45) is 5.73 Å². The fourth-order valence-corrected chi connectivity index (χ4v) is 3.05. The number of likely N-dealkylation sites (N-methyl/N-ethyl adjacent to an activating group) is 1. The van der Waals surface area contributed by atoms with Crippen molar-refractivity contribution in [2.45, 2.75) is 13.0 Å². The molecular weight excluding hydrogens is 295 g/mol. The zero-order chi connectivity index (χ0) is 14.4. The van der Waals surface area contributed by atoms with Crippen molar-refractivity contribution < 1.29 is 0 Å². The molecule has 1 aromatic carbocycles. The lowest BCUT2D eigenvalue weighted by Gasteiger charge is -2.27. The Balaban J connectivity index is 2.41. The van der Waals surface area contributed by atoms with Crippen LogP contribution in [0.3, 0.4) is 0 Å². The van der Waals surface area contributed by atoms with E-state index < -0.39 is 0 Å². The summed E-state index contributed by atoms with van der Waals surface area (Å²) in [7, 11) is 2.05. The van der Waals surface area contributed by atoms with Crippen LogP contribution in [0.1, 0.15) is 16.8 Å². The SMILES string of the molecule is CN1CCc2nc3c(Cl)c(Cl)ccc3c(C(=N)N)c2C1. The van der Waals surface area contributed by atoms with Gasteiger partial charge < -0.3 is 10.6 Å². The average Bonchev–Trinajstić information content (AvgIpc) is 2.40. The molecule has 6 heteroatoms. The zero-order valence-corrected chi connectivity index (χ0v) is 12.5. The number of halogens is 2. The number of hydrogen-bond acceptors (Lipinski definition) is 3. The number of hydrogen-bond donors (Lipinski definition) is 2. The largest absolute Gasteiger partial charge is 0.384 e. The van der Waals surface area contributed by atoms with Crippen molar-refractivity contribution in [3.8, 4) is 0 Å². The first-order valence-electron chi connectivity index (χ1n) is 6.31. The minimum absolute atomic E-state index is 0.0438. The van der Waals surface area contributed by atoms with Gasteiger partial charge in [0, 0.05) is 36.2 Å². The van der Waals surface area contributed by atoms with Crippen molar-refractivity contribution >= 4 is 39.9 Å². The molecule has 1 aliphatic heterocycles. The third kappa shape index (κ3) is 2.04. The van der Waals surface area contributed by atoms with E-state index in [0.717, 1.165) is 41.7 Å². The number of benzene rings is 1. The number of nitrogens with one attached hydrogen (secondary N) is 1. The van der Waals surface area contributed by atoms with Gasteiger partial charge in [0.15, 0.2) is 0 Å². The number of nitrogen functional groups attached to an aromatic ring is 1. The Bertz CT molecular complexity index is 727. The number of nitrogens with two attached hydrogens (primary N) is 1. The van der Waals surface area contributed by atoms with Crippen LogP contribution >= 0.6 is 23.2 Å². The minimum atomic E-state index is 0.0438. The molecule has 2 aromatic rings. The fraction of sp³-hybridized carbons (Fsp3) is 0.286. The van der Waals surface area contributed by atoms with E-state index in [1.54, 1.807) is 6.07 Å². The van der Waals surface area contributed by atoms with Gasteiger partial charge in [-0.05, 0) is 18.7 Å². The normalized spacial score (nSPS) is 15.3. The predicted molar refractivity (Wildman–Crippen MR) is 82.8 cm³/mol. The second-order valence-electron chi connectivity index (χ2n) is 5.07. The van der Waals surface area contributed by atoms with Crippen LogP contribution in [0, 0.1) is 5.41 Å². The third-order valence-corrected chi connectivity index (χ3v) is 4.46. The molecule has 0 atom stereocenters. The van der Waals surface area contributed by atoms with Crippen molar-refractivity contribution in [2.75, 3.05) is 13.6 Å². The van der Waals surface area contributed by atoms with Crippen molar-refractivity contribution in [1.29, 1.82) is 5.41 Å². The summed E-state index contributed by atoms with van der Waals surface area (Å²) in [5.41, 5.74) is 9.15. The molecule has 0 radical (unpaired) electrons. The van der Waals surface area contributed by atoms with Crippen molar-refractivity contribution in [3.05, 3.63) is 39.0 Å². The summed E-state index contributed by atoms with van der Waals surface area (Å²) in [6.07, 6.45) is 0.824. The maximum atomic E-state index is 7.90. The maximum Gasteiger partial charge on any atom is 0.123 e. The molecule has 3 N–H and O–H groups in total. The van der Waals surface area contributed by atoms with Crippen LogP contribution in [0.5, 0.6) is 0 Å². The Hall–Kier alpha value is -1.36. The minimum Gasteiger partial charge on any atom is -0.384 e. The van der Waals surface area contributed by atoms with Gasteiger partial charge in [-0.25, -0.2) is 0 Å². The summed E-state index contributed by atoms with van der Waals surface area (Å²) in [6.45, 7) is 1.68. The molecule has 0 saturated heterocycles. The highest BCUT2D eigenvalue weighted by atomic mass is 35.5. The summed E-state index contributed by atoms with van der Waals surface area (Å²) in [5, 5.41) is 9.59. The van der Waals surface area contributed by atoms with E-state index in [2.05, 4.69) is 9.88 Å². The molecule has 20 heavy (non-hydrogen) atoms. The van der Waals surface area contributed by atoms with Gasteiger partial charge in [0.25, 0.3) is 0 Å². The number of aromatic nitrogens is 1. The van der Waals surface area contributed by atoms with E-state index >= 15 is 0 Å². The van der Waals surface area contributed by atoms with Gasteiger partial charge in [-0.15, -0.1) is 0 Å². The number of nitrogens with zero attached hydrogens (tertiary/aromatic N) is 2. The Labute approximate surface area is 127 Å². The van der Waals surface area contributed by atoms with Crippen LogP contribution in [0.15, 0.2) is 12.1 Å². The predicted octanol–water partition coefficient (Wildman–Crippen LogP) is 2.81. The second kappa shape index (κ2) is 4.88. The van der Waals surface area contributed by atoms with Gasteiger partial charge in [0.1, 0.15) is 5.84 Å². The smallest absolute Gasteiger partial charge is 0.123 e. The van der Waals surface area contributed by atoms with Crippen LogP contribution < -0.4 is 5.73 Å². The molecule has 0 bridgehead atoms. The summed E-state index contributed by atoms with van der Waals surface area (Å²) in [5.74, 6) is 0.0438. The van der Waals surface area contributed by atoms with Crippen LogP contribution in [0.4, 0.5) is 0 Å². The molecule has 0 amide bonds. The molecule has 0 spiro atoms. The molecule has 1 aliphatic rings.